The van der Waals surface area contributed by atoms with Crippen molar-refractivity contribution in [2.75, 3.05) is 0 Å². The van der Waals surface area contributed by atoms with Crippen LogP contribution in [0.3, 0.4) is 0 Å². The monoisotopic (exact) mass is 429 g/mol. The van der Waals surface area contributed by atoms with E-state index in [1.54, 1.807) is 10.6 Å². The topological polar surface area (TPSA) is 25.9 Å². The summed E-state index contributed by atoms with van der Waals surface area (Å²) < 4.78 is 44.0. The fourth-order valence-electron chi connectivity index (χ4n) is 4.38. The van der Waals surface area contributed by atoms with Gasteiger partial charge in [0.15, 0.2) is 17.6 Å². The molecule has 0 N–H and O–H groups in total. The highest BCUT2D eigenvalue weighted by Gasteiger charge is 2.34. The second-order valence-corrected chi connectivity index (χ2v) is 9.42. The number of aromatic nitrogens is 2. The lowest BCUT2D eigenvalue weighted by molar-refractivity contribution is -0.678. The number of carbonyl (C=O) groups is 1. The normalized spacial score (nSPS) is 15.0. The Morgan fingerprint density at radius 3 is 2.29 bits per heavy atom. The lowest BCUT2D eigenvalue weighted by atomic mass is 9.86. The minimum absolute atomic E-state index is 0.0137. The van der Waals surface area contributed by atoms with E-state index >= 15 is 0 Å². The SMILES string of the molecule is CC(C)(C)c1ccc(C(=O)Cn2c3[n+](c4ccc(C(F)(F)F)cc42)CCCCC3)cc1. The van der Waals surface area contributed by atoms with Crippen molar-refractivity contribution >= 4 is 16.8 Å². The number of Topliss-reactive ketones (excluding diaryl/α,β-unsaturated/α-hetero) is 1. The van der Waals surface area contributed by atoms with Crippen LogP contribution in [0.15, 0.2) is 42.5 Å². The van der Waals surface area contributed by atoms with E-state index in [-0.39, 0.29) is 17.7 Å². The first kappa shape index (κ1) is 21.6. The van der Waals surface area contributed by atoms with E-state index in [1.165, 1.54) is 6.07 Å². The number of benzene rings is 2. The molecule has 4 rings (SSSR count). The second kappa shape index (κ2) is 7.81. The van der Waals surface area contributed by atoms with Gasteiger partial charge in [0.05, 0.1) is 12.1 Å². The Bertz CT molecular complexity index is 1120. The molecule has 0 radical (unpaired) electrons. The number of carbonyl (C=O) groups excluding carboxylic acids is 1. The van der Waals surface area contributed by atoms with Gasteiger partial charge in [-0.3, -0.25) is 4.79 Å². The van der Waals surface area contributed by atoms with Crippen LogP contribution >= 0.6 is 0 Å². The Balaban J connectivity index is 1.76. The van der Waals surface area contributed by atoms with E-state index in [2.05, 4.69) is 25.3 Å². The number of hydrogen-bond donors (Lipinski definition) is 0. The van der Waals surface area contributed by atoms with Crippen molar-refractivity contribution in [2.24, 2.45) is 0 Å². The first-order valence-electron chi connectivity index (χ1n) is 10.8. The van der Waals surface area contributed by atoms with Gasteiger partial charge in [-0.15, -0.1) is 0 Å². The summed E-state index contributed by atoms with van der Waals surface area (Å²) in [5, 5.41) is 0. The number of fused-ring (bicyclic) bond motifs is 3. The summed E-state index contributed by atoms with van der Waals surface area (Å²) in [6.45, 7) is 7.13. The van der Waals surface area contributed by atoms with Crippen molar-refractivity contribution in [3.63, 3.8) is 0 Å². The molecule has 0 bridgehead atoms. The number of ketones is 1. The molecule has 1 aliphatic heterocycles. The van der Waals surface area contributed by atoms with Crippen molar-refractivity contribution in [2.45, 2.75) is 71.1 Å². The molecule has 0 aliphatic carbocycles. The molecule has 0 saturated heterocycles. The zero-order valence-corrected chi connectivity index (χ0v) is 18.2. The minimum atomic E-state index is -4.42. The van der Waals surface area contributed by atoms with Gasteiger partial charge in [-0.05, 0) is 42.4 Å². The zero-order chi connectivity index (χ0) is 22.4. The maximum atomic E-state index is 13.4. The highest BCUT2D eigenvalue weighted by atomic mass is 19.4. The minimum Gasteiger partial charge on any atom is -0.290 e. The van der Waals surface area contributed by atoms with Crippen LogP contribution in [0.4, 0.5) is 13.2 Å². The standard InChI is InChI=1S/C25H28F3N2O/c1-24(2,3)18-10-8-17(9-11-18)22(31)16-30-21-15-19(25(26,27)28)12-13-20(21)29-14-6-4-5-7-23(29)30/h8-13,15H,4-7,14,16H2,1-3H3/q+1. The molecule has 6 heteroatoms. The molecule has 2 aromatic carbocycles. The van der Waals surface area contributed by atoms with E-state index < -0.39 is 11.7 Å². The summed E-state index contributed by atoms with van der Waals surface area (Å²) in [6.07, 6.45) is -0.632. The van der Waals surface area contributed by atoms with Gasteiger partial charge in [-0.2, -0.15) is 13.2 Å². The van der Waals surface area contributed by atoms with Gasteiger partial charge < -0.3 is 0 Å². The summed E-state index contributed by atoms with van der Waals surface area (Å²) in [5.41, 5.74) is 2.26. The van der Waals surface area contributed by atoms with Crippen molar-refractivity contribution in [1.29, 1.82) is 0 Å². The van der Waals surface area contributed by atoms with Gasteiger partial charge in [0.25, 0.3) is 5.82 Å². The number of halogens is 3. The van der Waals surface area contributed by atoms with Gasteiger partial charge in [-0.1, -0.05) is 45.0 Å². The second-order valence-electron chi connectivity index (χ2n) is 9.42. The van der Waals surface area contributed by atoms with Gasteiger partial charge in [0, 0.05) is 18.1 Å². The van der Waals surface area contributed by atoms with Crippen LogP contribution in [-0.4, -0.2) is 10.4 Å². The van der Waals surface area contributed by atoms with Gasteiger partial charge in [0.2, 0.25) is 5.78 Å². The molecule has 1 aliphatic rings. The fraction of sp³-hybridized carbons (Fsp3) is 0.440. The van der Waals surface area contributed by atoms with Crippen LogP contribution in [0.5, 0.6) is 0 Å². The Morgan fingerprint density at radius 1 is 0.968 bits per heavy atom. The molecule has 1 aromatic heterocycles. The Kier molecular flexibility index (Phi) is 5.44. The number of nitrogens with zero attached hydrogens (tertiary/aromatic N) is 2. The first-order chi connectivity index (χ1) is 14.6. The van der Waals surface area contributed by atoms with E-state index in [0.29, 0.717) is 11.1 Å². The third-order valence-corrected chi connectivity index (χ3v) is 6.16. The predicted molar refractivity (Wildman–Crippen MR) is 114 cm³/mol. The van der Waals surface area contributed by atoms with E-state index in [0.717, 1.165) is 55.2 Å². The lowest BCUT2D eigenvalue weighted by Gasteiger charge is -2.18. The predicted octanol–water partition coefficient (Wildman–Crippen LogP) is 5.85. The van der Waals surface area contributed by atoms with Crippen LogP contribution in [0.2, 0.25) is 0 Å². The van der Waals surface area contributed by atoms with Gasteiger partial charge in [-0.25, -0.2) is 9.13 Å². The summed E-state index contributed by atoms with van der Waals surface area (Å²) >= 11 is 0. The molecule has 0 saturated carbocycles. The van der Waals surface area contributed by atoms with E-state index in [1.807, 2.05) is 24.3 Å². The van der Waals surface area contributed by atoms with Crippen molar-refractivity contribution < 1.29 is 22.5 Å². The van der Waals surface area contributed by atoms with Crippen LogP contribution in [0.25, 0.3) is 11.0 Å². The molecule has 3 aromatic rings. The molecule has 0 amide bonds. The number of rotatable bonds is 3. The fourth-order valence-corrected chi connectivity index (χ4v) is 4.38. The Hall–Kier alpha value is -2.63. The zero-order valence-electron chi connectivity index (χ0n) is 18.2. The average Bonchev–Trinajstić information content (AvgIpc) is 2.84. The lowest BCUT2D eigenvalue weighted by Crippen LogP contribution is -2.37. The van der Waals surface area contributed by atoms with Crippen molar-refractivity contribution in [3.8, 4) is 0 Å². The average molecular weight is 430 g/mol. The van der Waals surface area contributed by atoms with Gasteiger partial charge >= 0.3 is 6.18 Å². The molecule has 0 spiro atoms. The molecule has 0 unspecified atom stereocenters. The molecule has 0 atom stereocenters. The Labute approximate surface area is 180 Å². The van der Waals surface area contributed by atoms with Crippen LogP contribution in [0, 0.1) is 0 Å². The molecular formula is C25H28F3N2O+. The molecule has 31 heavy (non-hydrogen) atoms. The highest BCUT2D eigenvalue weighted by Crippen LogP contribution is 2.32. The number of imidazole rings is 1. The molecule has 2 heterocycles. The van der Waals surface area contributed by atoms with E-state index in [4.69, 9.17) is 0 Å². The van der Waals surface area contributed by atoms with Crippen molar-refractivity contribution in [3.05, 3.63) is 65.0 Å². The van der Waals surface area contributed by atoms with Crippen LogP contribution in [-0.2, 0) is 31.1 Å². The summed E-state index contributed by atoms with van der Waals surface area (Å²) in [5.74, 6) is 0.842. The quantitative estimate of drug-likeness (QED) is 0.379. The summed E-state index contributed by atoms with van der Waals surface area (Å²) in [6, 6.07) is 11.4. The first-order valence-corrected chi connectivity index (χ1v) is 10.8. The third-order valence-electron chi connectivity index (χ3n) is 6.16. The summed E-state index contributed by atoms with van der Waals surface area (Å²) in [7, 11) is 0. The van der Waals surface area contributed by atoms with Gasteiger partial charge in [0.1, 0.15) is 0 Å². The summed E-state index contributed by atoms with van der Waals surface area (Å²) in [4.78, 5) is 13.1. The molecule has 0 fully saturated rings. The Morgan fingerprint density at radius 2 is 1.65 bits per heavy atom. The maximum Gasteiger partial charge on any atom is 0.416 e. The molecular weight excluding hydrogens is 401 g/mol. The van der Waals surface area contributed by atoms with Crippen LogP contribution < -0.4 is 4.57 Å². The number of alkyl halides is 3. The third kappa shape index (κ3) is 4.25. The molecule has 164 valence electrons. The maximum absolute atomic E-state index is 13.4. The number of hydrogen-bond acceptors (Lipinski definition) is 1. The van der Waals surface area contributed by atoms with E-state index in [9.17, 15) is 18.0 Å². The largest absolute Gasteiger partial charge is 0.416 e. The van der Waals surface area contributed by atoms with Crippen molar-refractivity contribution in [1.82, 2.24) is 4.57 Å². The molecule has 3 nitrogen and oxygen atoms in total. The smallest absolute Gasteiger partial charge is 0.290 e. The highest BCUT2D eigenvalue weighted by molar-refractivity contribution is 5.96. The van der Waals surface area contributed by atoms with Crippen LogP contribution in [0.1, 0.15) is 67.3 Å². The number of aryl methyl sites for hydroxylation is 1.